The Morgan fingerprint density at radius 2 is 1.57 bits per heavy atom. The Kier molecular flexibility index (Phi) is 10.5. The van der Waals surface area contributed by atoms with Gasteiger partial charge in [0.25, 0.3) is 0 Å². The first-order valence-corrected chi connectivity index (χ1v) is 2.46. The standard InChI is InChI=1S/C2H6O3P.Sb/c1-4-6(3)5-2;/h1-2H3;/q+1;. The summed E-state index contributed by atoms with van der Waals surface area (Å²) in [4.78, 5) is 0. The van der Waals surface area contributed by atoms with Crippen LogP contribution in [0.5, 0.6) is 0 Å². The molecule has 0 heterocycles. The summed E-state index contributed by atoms with van der Waals surface area (Å²) in [6, 6.07) is 0. The molecule has 5 heteroatoms. The van der Waals surface area contributed by atoms with E-state index in [1.165, 1.54) is 14.2 Å². The molecule has 0 aliphatic heterocycles. The van der Waals surface area contributed by atoms with Crippen LogP contribution in [0.3, 0.4) is 0 Å². The zero-order valence-corrected chi connectivity index (χ0v) is 7.57. The molecule has 0 spiro atoms. The fraction of sp³-hybridized carbons (Fsp3) is 1.00. The van der Waals surface area contributed by atoms with E-state index in [0.717, 1.165) is 0 Å². The second-order valence-corrected chi connectivity index (χ2v) is 1.77. The molecule has 0 unspecified atom stereocenters. The van der Waals surface area contributed by atoms with Gasteiger partial charge in [0.15, 0.2) is 0 Å². The number of rotatable bonds is 2. The molecule has 0 aromatic rings. The van der Waals surface area contributed by atoms with E-state index >= 15 is 0 Å². The van der Waals surface area contributed by atoms with Crippen molar-refractivity contribution in [1.82, 2.24) is 0 Å². The summed E-state index contributed by atoms with van der Waals surface area (Å²) < 4.78 is 18.3. The third-order valence-electron chi connectivity index (χ3n) is 0.298. The Balaban J connectivity index is 0. The van der Waals surface area contributed by atoms with Gasteiger partial charge in [0.2, 0.25) is 0 Å². The van der Waals surface area contributed by atoms with Gasteiger partial charge >= 0.3 is 8.25 Å². The van der Waals surface area contributed by atoms with Gasteiger partial charge in [-0.3, -0.25) is 0 Å². The van der Waals surface area contributed by atoms with Gasteiger partial charge in [0, 0.05) is 29.0 Å². The maximum absolute atomic E-state index is 9.88. The van der Waals surface area contributed by atoms with Crippen molar-refractivity contribution < 1.29 is 13.6 Å². The van der Waals surface area contributed by atoms with Crippen LogP contribution < -0.4 is 0 Å². The molecule has 41 valence electrons. The summed E-state index contributed by atoms with van der Waals surface area (Å²) in [5.41, 5.74) is 0. The summed E-state index contributed by atoms with van der Waals surface area (Å²) in [6.45, 7) is 0. The number of hydrogen-bond acceptors (Lipinski definition) is 3. The van der Waals surface area contributed by atoms with Crippen molar-refractivity contribution in [3.8, 4) is 0 Å². The first kappa shape index (κ1) is 10.8. The topological polar surface area (TPSA) is 35.5 Å². The van der Waals surface area contributed by atoms with E-state index in [9.17, 15) is 4.57 Å². The molecule has 0 aromatic carbocycles. The van der Waals surface area contributed by atoms with Gasteiger partial charge in [0.05, 0.1) is 14.2 Å². The van der Waals surface area contributed by atoms with E-state index in [2.05, 4.69) is 9.05 Å². The molecule has 0 rings (SSSR count). The van der Waals surface area contributed by atoms with Gasteiger partial charge in [-0.25, -0.2) is 0 Å². The number of hydrogen-bond donors (Lipinski definition) is 0. The van der Waals surface area contributed by atoms with Gasteiger partial charge in [-0.1, -0.05) is 0 Å². The third kappa shape index (κ3) is 6.84. The van der Waals surface area contributed by atoms with Gasteiger partial charge in [-0.2, -0.15) is 0 Å². The Morgan fingerprint density at radius 3 is 1.57 bits per heavy atom. The fourth-order valence-electron chi connectivity index (χ4n) is 0.0745. The molecular formula is C2H6O3PSb+. The maximum atomic E-state index is 9.88. The minimum absolute atomic E-state index is 0. The van der Waals surface area contributed by atoms with E-state index in [1.54, 1.807) is 0 Å². The Hall–Kier alpha value is 0.838. The Labute approximate surface area is 60.8 Å². The summed E-state index contributed by atoms with van der Waals surface area (Å²) in [5.74, 6) is 0. The van der Waals surface area contributed by atoms with Gasteiger partial charge in [-0.15, -0.1) is 9.05 Å². The molecule has 0 saturated heterocycles. The predicted molar refractivity (Wildman–Crippen MR) is 27.4 cm³/mol. The van der Waals surface area contributed by atoms with Gasteiger partial charge in [0.1, 0.15) is 0 Å². The van der Waals surface area contributed by atoms with E-state index in [4.69, 9.17) is 0 Å². The first-order chi connectivity index (χ1) is 2.81. The normalized spacial score (nSPS) is 7.14. The van der Waals surface area contributed by atoms with Crippen LogP contribution in [0.15, 0.2) is 0 Å². The molecule has 3 nitrogen and oxygen atoms in total. The van der Waals surface area contributed by atoms with Crippen LogP contribution in [0, 0.1) is 0 Å². The molecule has 0 aromatic heterocycles. The predicted octanol–water partition coefficient (Wildman–Crippen LogP) is 0.556. The zero-order chi connectivity index (χ0) is 4.99. The summed E-state index contributed by atoms with van der Waals surface area (Å²) in [7, 11) is 0.817. The van der Waals surface area contributed by atoms with Crippen LogP contribution in [-0.2, 0) is 13.6 Å². The smallest absolute Gasteiger partial charge is 0.122 e. The van der Waals surface area contributed by atoms with Crippen molar-refractivity contribution in [3.63, 3.8) is 0 Å². The summed E-state index contributed by atoms with van der Waals surface area (Å²) >= 11 is 0. The third-order valence-corrected chi connectivity index (χ3v) is 0.894. The first-order valence-electron chi connectivity index (χ1n) is 1.36. The quantitative estimate of drug-likeness (QED) is 0.514. The summed E-state index contributed by atoms with van der Waals surface area (Å²) in [6.07, 6.45) is 0. The molecule has 0 amide bonds. The largest absolute Gasteiger partial charge is 0.696 e. The molecular weight excluding hydrogens is 225 g/mol. The average Bonchev–Trinajstić information content (AvgIpc) is 1.65. The van der Waals surface area contributed by atoms with E-state index in [-0.39, 0.29) is 24.4 Å². The molecule has 0 aliphatic carbocycles. The zero-order valence-electron chi connectivity index (χ0n) is 4.12. The SMILES string of the molecule is CO[P+](=O)OC.[Sb]. The van der Waals surface area contributed by atoms with Crippen molar-refractivity contribution in [3.05, 3.63) is 0 Å². The van der Waals surface area contributed by atoms with E-state index < -0.39 is 8.25 Å². The average molecular weight is 231 g/mol. The van der Waals surface area contributed by atoms with Crippen LogP contribution in [0.25, 0.3) is 0 Å². The van der Waals surface area contributed by atoms with Crippen LogP contribution in [-0.4, -0.2) is 38.6 Å². The van der Waals surface area contributed by atoms with Gasteiger partial charge in [-0.05, 0) is 0 Å². The van der Waals surface area contributed by atoms with Crippen molar-refractivity contribution in [1.29, 1.82) is 0 Å². The minimum Gasteiger partial charge on any atom is -0.122 e. The molecule has 0 atom stereocenters. The molecule has 0 saturated carbocycles. The Bertz CT molecular complexity index is 50.9. The Morgan fingerprint density at radius 1 is 1.29 bits per heavy atom. The molecule has 0 fully saturated rings. The second kappa shape index (κ2) is 6.84. The van der Waals surface area contributed by atoms with E-state index in [1.807, 2.05) is 0 Å². The van der Waals surface area contributed by atoms with Crippen LogP contribution in [0.1, 0.15) is 0 Å². The van der Waals surface area contributed by atoms with Crippen LogP contribution in [0.2, 0.25) is 0 Å². The fourth-order valence-corrected chi connectivity index (χ4v) is 0.224. The van der Waals surface area contributed by atoms with E-state index in [0.29, 0.717) is 0 Å². The van der Waals surface area contributed by atoms with Crippen LogP contribution in [0.4, 0.5) is 0 Å². The summed E-state index contributed by atoms with van der Waals surface area (Å²) in [5, 5.41) is 0. The van der Waals surface area contributed by atoms with Crippen molar-refractivity contribution in [2.75, 3.05) is 14.2 Å². The monoisotopic (exact) mass is 230 g/mol. The molecule has 7 heavy (non-hydrogen) atoms. The van der Waals surface area contributed by atoms with Crippen molar-refractivity contribution in [2.45, 2.75) is 0 Å². The molecule has 0 N–H and O–H groups in total. The van der Waals surface area contributed by atoms with Gasteiger partial charge < -0.3 is 0 Å². The maximum Gasteiger partial charge on any atom is 0.696 e. The molecule has 0 bridgehead atoms. The minimum atomic E-state index is -1.83. The van der Waals surface area contributed by atoms with Crippen molar-refractivity contribution >= 4 is 32.7 Å². The van der Waals surface area contributed by atoms with Crippen molar-refractivity contribution in [2.24, 2.45) is 0 Å². The van der Waals surface area contributed by atoms with Crippen LogP contribution >= 0.6 is 8.25 Å². The molecule has 3 radical (unpaired) electrons. The molecule has 0 aliphatic rings. The second-order valence-electron chi connectivity index (χ2n) is 0.589.